The van der Waals surface area contributed by atoms with Gasteiger partial charge in [0.2, 0.25) is 10.0 Å². The summed E-state index contributed by atoms with van der Waals surface area (Å²) in [5.74, 6) is 0.237. The molecule has 9 heteroatoms. The van der Waals surface area contributed by atoms with Gasteiger partial charge in [0.1, 0.15) is 16.7 Å². The Hall–Kier alpha value is -2.82. The monoisotopic (exact) mass is 525 g/mol. The van der Waals surface area contributed by atoms with Gasteiger partial charge in [0.25, 0.3) is 0 Å². The Labute approximate surface area is 219 Å². The molecule has 2 unspecified atom stereocenters. The molecule has 1 aliphatic heterocycles. The number of hydrogen-bond acceptors (Lipinski definition) is 7. The van der Waals surface area contributed by atoms with Gasteiger partial charge in [0.15, 0.2) is 0 Å². The zero-order chi connectivity index (χ0) is 26.1. The standard InChI is InChI=1S/C28H35N3O5S/c1-22(26(32)13-12-23-7-6-14-29-21-23)36-28-25(24-8-3-2-4-9-24)10-5-11-27(28)37(33,34)30-15-16-31-17-19-35-20-18-31/h2-11,14,21-22,26,30,32H,12-13,15-20H2,1H3. The number of hydrogen-bond donors (Lipinski definition) is 2. The quantitative estimate of drug-likeness (QED) is 0.375. The van der Waals surface area contributed by atoms with Crippen molar-refractivity contribution in [2.24, 2.45) is 0 Å². The average Bonchev–Trinajstić information content (AvgIpc) is 2.93. The van der Waals surface area contributed by atoms with E-state index in [0.29, 0.717) is 38.2 Å². The van der Waals surface area contributed by atoms with E-state index in [1.54, 1.807) is 31.5 Å². The topological polar surface area (TPSA) is 101 Å². The third-order valence-electron chi connectivity index (χ3n) is 6.47. The second kappa shape index (κ2) is 13.1. The Morgan fingerprint density at radius 2 is 1.86 bits per heavy atom. The summed E-state index contributed by atoms with van der Waals surface area (Å²) in [6.07, 6.45) is 3.15. The van der Waals surface area contributed by atoms with Gasteiger partial charge in [-0.25, -0.2) is 13.1 Å². The molecule has 0 saturated carbocycles. The normalized spacial score (nSPS) is 16.3. The van der Waals surface area contributed by atoms with Gasteiger partial charge in [-0.05, 0) is 43.0 Å². The third kappa shape index (κ3) is 7.59. The molecule has 37 heavy (non-hydrogen) atoms. The Morgan fingerprint density at radius 1 is 1.08 bits per heavy atom. The number of aryl methyl sites for hydroxylation is 1. The summed E-state index contributed by atoms with van der Waals surface area (Å²) in [5.41, 5.74) is 2.51. The molecule has 2 heterocycles. The van der Waals surface area contributed by atoms with Gasteiger partial charge in [-0.3, -0.25) is 9.88 Å². The van der Waals surface area contributed by atoms with Crippen LogP contribution in [0.2, 0.25) is 0 Å². The first-order valence-corrected chi connectivity index (χ1v) is 14.1. The number of nitrogens with one attached hydrogen (secondary N) is 1. The summed E-state index contributed by atoms with van der Waals surface area (Å²) >= 11 is 0. The highest BCUT2D eigenvalue weighted by molar-refractivity contribution is 7.89. The number of para-hydroxylation sites is 1. The van der Waals surface area contributed by atoms with Crippen LogP contribution in [0, 0.1) is 0 Å². The fourth-order valence-electron chi connectivity index (χ4n) is 4.29. The number of aliphatic hydroxyl groups excluding tert-OH is 1. The van der Waals surface area contributed by atoms with Crippen LogP contribution in [0.3, 0.4) is 0 Å². The molecule has 0 aliphatic carbocycles. The lowest BCUT2D eigenvalue weighted by Crippen LogP contribution is -2.41. The molecule has 2 aromatic carbocycles. The van der Waals surface area contributed by atoms with E-state index in [4.69, 9.17) is 9.47 Å². The number of rotatable bonds is 12. The summed E-state index contributed by atoms with van der Waals surface area (Å²) in [4.78, 5) is 6.35. The molecule has 2 atom stereocenters. The van der Waals surface area contributed by atoms with Crippen LogP contribution in [0.5, 0.6) is 5.75 Å². The van der Waals surface area contributed by atoms with E-state index in [0.717, 1.165) is 24.2 Å². The fourth-order valence-corrected chi connectivity index (χ4v) is 5.47. The van der Waals surface area contributed by atoms with Crippen molar-refractivity contribution in [2.75, 3.05) is 39.4 Å². The highest BCUT2D eigenvalue weighted by Gasteiger charge is 2.26. The maximum absolute atomic E-state index is 13.4. The molecule has 2 N–H and O–H groups in total. The minimum atomic E-state index is -3.87. The molecule has 0 amide bonds. The number of benzene rings is 2. The zero-order valence-corrected chi connectivity index (χ0v) is 21.9. The lowest BCUT2D eigenvalue weighted by molar-refractivity contribution is 0.0389. The van der Waals surface area contributed by atoms with Gasteiger partial charge in [-0.15, -0.1) is 0 Å². The largest absolute Gasteiger partial charge is 0.486 e. The van der Waals surface area contributed by atoms with E-state index in [1.165, 1.54) is 0 Å². The Balaban J connectivity index is 1.54. The molecule has 1 aliphatic rings. The minimum absolute atomic E-state index is 0.0575. The smallest absolute Gasteiger partial charge is 0.244 e. The average molecular weight is 526 g/mol. The molecule has 0 bridgehead atoms. The van der Waals surface area contributed by atoms with E-state index >= 15 is 0 Å². The second-order valence-corrected chi connectivity index (χ2v) is 10.9. The van der Waals surface area contributed by atoms with Crippen LogP contribution in [0.25, 0.3) is 11.1 Å². The molecule has 1 aromatic heterocycles. The zero-order valence-electron chi connectivity index (χ0n) is 21.1. The molecule has 1 saturated heterocycles. The van der Waals surface area contributed by atoms with E-state index < -0.39 is 22.2 Å². The first-order valence-electron chi connectivity index (χ1n) is 12.7. The molecular weight excluding hydrogens is 490 g/mol. The van der Waals surface area contributed by atoms with Crippen LogP contribution in [0.4, 0.5) is 0 Å². The third-order valence-corrected chi connectivity index (χ3v) is 7.96. The number of pyridine rings is 1. The maximum Gasteiger partial charge on any atom is 0.244 e. The van der Waals surface area contributed by atoms with Crippen LogP contribution < -0.4 is 9.46 Å². The SMILES string of the molecule is CC(Oc1c(-c2ccccc2)cccc1S(=O)(=O)NCCN1CCOCC1)C(O)CCc1cccnc1. The van der Waals surface area contributed by atoms with Crippen LogP contribution in [0.1, 0.15) is 18.9 Å². The van der Waals surface area contributed by atoms with Crippen molar-refractivity contribution in [1.82, 2.24) is 14.6 Å². The number of aliphatic hydroxyl groups is 1. The molecule has 4 rings (SSSR count). The highest BCUT2D eigenvalue weighted by Crippen LogP contribution is 2.37. The predicted molar refractivity (Wildman–Crippen MR) is 143 cm³/mol. The fraction of sp³-hybridized carbons (Fsp3) is 0.393. The first-order chi connectivity index (χ1) is 17.9. The number of nitrogens with zero attached hydrogens (tertiary/aromatic N) is 2. The van der Waals surface area contributed by atoms with Crippen molar-refractivity contribution in [1.29, 1.82) is 0 Å². The van der Waals surface area contributed by atoms with E-state index in [2.05, 4.69) is 14.6 Å². The minimum Gasteiger partial charge on any atom is -0.486 e. The van der Waals surface area contributed by atoms with Crippen LogP contribution in [-0.4, -0.2) is 75.0 Å². The molecule has 0 spiro atoms. The summed E-state index contributed by atoms with van der Waals surface area (Å²) in [6, 6.07) is 18.4. The molecule has 8 nitrogen and oxygen atoms in total. The van der Waals surface area contributed by atoms with Crippen LogP contribution >= 0.6 is 0 Å². The molecule has 0 radical (unpaired) electrons. The van der Waals surface area contributed by atoms with Crippen molar-refractivity contribution in [3.8, 4) is 16.9 Å². The van der Waals surface area contributed by atoms with Crippen molar-refractivity contribution >= 4 is 10.0 Å². The molecule has 198 valence electrons. The summed E-state index contributed by atoms with van der Waals surface area (Å²) in [6.45, 7) is 5.52. The molecule has 1 fully saturated rings. The molecule has 3 aromatic rings. The Morgan fingerprint density at radius 3 is 2.59 bits per heavy atom. The van der Waals surface area contributed by atoms with Gasteiger partial charge in [-0.2, -0.15) is 0 Å². The lowest BCUT2D eigenvalue weighted by atomic mass is 10.0. The van der Waals surface area contributed by atoms with E-state index in [9.17, 15) is 13.5 Å². The van der Waals surface area contributed by atoms with Gasteiger partial charge in [0.05, 0.1) is 19.3 Å². The van der Waals surface area contributed by atoms with E-state index in [-0.39, 0.29) is 17.2 Å². The van der Waals surface area contributed by atoms with Crippen molar-refractivity contribution in [3.63, 3.8) is 0 Å². The van der Waals surface area contributed by atoms with Gasteiger partial charge >= 0.3 is 0 Å². The Bertz CT molecular complexity index is 1220. The number of aromatic nitrogens is 1. The van der Waals surface area contributed by atoms with Gasteiger partial charge in [-0.1, -0.05) is 48.5 Å². The summed E-state index contributed by atoms with van der Waals surface area (Å²) in [7, 11) is -3.87. The number of sulfonamides is 1. The van der Waals surface area contributed by atoms with Crippen molar-refractivity contribution in [3.05, 3.63) is 78.6 Å². The number of morpholine rings is 1. The van der Waals surface area contributed by atoms with Crippen LogP contribution in [0.15, 0.2) is 78.0 Å². The van der Waals surface area contributed by atoms with Crippen LogP contribution in [-0.2, 0) is 21.2 Å². The highest BCUT2D eigenvalue weighted by atomic mass is 32.2. The van der Waals surface area contributed by atoms with E-state index in [1.807, 2.05) is 48.5 Å². The summed E-state index contributed by atoms with van der Waals surface area (Å²) < 4.78 is 41.2. The summed E-state index contributed by atoms with van der Waals surface area (Å²) in [5, 5.41) is 10.9. The van der Waals surface area contributed by atoms with Gasteiger partial charge in [0, 0.05) is 44.1 Å². The number of ether oxygens (including phenoxy) is 2. The first kappa shape index (κ1) is 27.2. The molecular formula is C28H35N3O5S. The predicted octanol–water partition coefficient (Wildman–Crippen LogP) is 3.12. The lowest BCUT2D eigenvalue weighted by Gasteiger charge is -2.27. The van der Waals surface area contributed by atoms with Crippen molar-refractivity contribution in [2.45, 2.75) is 36.9 Å². The maximum atomic E-state index is 13.4. The van der Waals surface area contributed by atoms with Crippen molar-refractivity contribution < 1.29 is 23.0 Å². The second-order valence-electron chi connectivity index (χ2n) is 9.14. The Kier molecular flexibility index (Phi) is 9.65. The van der Waals surface area contributed by atoms with Gasteiger partial charge < -0.3 is 14.6 Å².